The number of H-pyrrole nitrogens is 1. The van der Waals surface area contributed by atoms with E-state index in [1.165, 1.54) is 0 Å². The van der Waals surface area contributed by atoms with E-state index in [2.05, 4.69) is 25.0 Å². The zero-order valence-corrected chi connectivity index (χ0v) is 12.7. The van der Waals surface area contributed by atoms with Crippen LogP contribution in [0.2, 0.25) is 0 Å². The Bertz CT molecular complexity index is 655. The molecule has 0 saturated carbocycles. The summed E-state index contributed by atoms with van der Waals surface area (Å²) < 4.78 is 27.1. The number of imidazole rings is 1. The second-order valence-electron chi connectivity index (χ2n) is 4.42. The summed E-state index contributed by atoms with van der Waals surface area (Å²) in [5.41, 5.74) is 0. The van der Waals surface area contributed by atoms with Crippen LogP contribution in [-0.4, -0.2) is 36.5 Å². The van der Waals surface area contributed by atoms with Crippen LogP contribution in [0.5, 0.6) is 0 Å². The number of hydrogen-bond acceptors (Lipinski definition) is 5. The van der Waals surface area contributed by atoms with Crippen molar-refractivity contribution in [2.24, 2.45) is 0 Å². The van der Waals surface area contributed by atoms with E-state index in [-0.39, 0.29) is 4.90 Å². The van der Waals surface area contributed by atoms with E-state index in [1.807, 2.05) is 6.92 Å². The largest absolute Gasteiger partial charge is 0.369 e. The molecule has 0 amide bonds. The Labute approximate surface area is 124 Å². The first-order valence-corrected chi connectivity index (χ1v) is 8.28. The first-order chi connectivity index (χ1) is 10.1. The van der Waals surface area contributed by atoms with E-state index < -0.39 is 10.0 Å². The molecule has 114 valence electrons. The molecule has 0 bridgehead atoms. The summed E-state index contributed by atoms with van der Waals surface area (Å²) in [6, 6.07) is 3.15. The number of aromatic nitrogens is 3. The van der Waals surface area contributed by atoms with Gasteiger partial charge in [0.15, 0.2) is 0 Å². The smallest absolute Gasteiger partial charge is 0.244 e. The Morgan fingerprint density at radius 2 is 2.14 bits per heavy atom. The summed E-state index contributed by atoms with van der Waals surface area (Å²) in [5, 5.41) is 2.95. The van der Waals surface area contributed by atoms with Gasteiger partial charge in [0.05, 0.1) is 0 Å². The Morgan fingerprint density at radius 3 is 2.86 bits per heavy atom. The third-order valence-corrected chi connectivity index (χ3v) is 4.33. The topological polar surface area (TPSA) is 99.8 Å². The molecule has 0 atom stereocenters. The van der Waals surface area contributed by atoms with Gasteiger partial charge in [-0.2, -0.15) is 0 Å². The van der Waals surface area contributed by atoms with Crippen LogP contribution < -0.4 is 10.0 Å². The number of nitrogens with one attached hydrogen (secondary N) is 3. The van der Waals surface area contributed by atoms with E-state index in [0.717, 1.165) is 5.82 Å². The molecule has 0 aliphatic rings. The molecule has 3 N–H and O–H groups in total. The van der Waals surface area contributed by atoms with Gasteiger partial charge < -0.3 is 10.3 Å². The molecule has 0 aromatic carbocycles. The summed E-state index contributed by atoms with van der Waals surface area (Å²) >= 11 is 0. The van der Waals surface area contributed by atoms with Crippen molar-refractivity contribution in [2.45, 2.75) is 24.7 Å². The highest BCUT2D eigenvalue weighted by Crippen LogP contribution is 2.17. The van der Waals surface area contributed by atoms with Crippen LogP contribution in [0, 0.1) is 0 Å². The quantitative estimate of drug-likeness (QED) is 0.635. The average molecular weight is 309 g/mol. The first-order valence-electron chi connectivity index (χ1n) is 6.80. The summed E-state index contributed by atoms with van der Waals surface area (Å²) in [6.45, 7) is 2.85. The Hall–Kier alpha value is -1.93. The lowest BCUT2D eigenvalue weighted by Crippen LogP contribution is -2.26. The molecule has 0 aliphatic heterocycles. The summed E-state index contributed by atoms with van der Waals surface area (Å²) in [4.78, 5) is 11.3. The van der Waals surface area contributed by atoms with E-state index in [0.29, 0.717) is 31.7 Å². The standard InChI is InChI=1S/C13H19N5O2S/c1-2-14-13-11(5-3-7-17-13)21(19,20)18-8-4-6-12-15-9-10-16-12/h3,5,7,9-10,18H,2,4,6,8H2,1H3,(H,14,17)(H,15,16). The van der Waals surface area contributed by atoms with Gasteiger partial charge >= 0.3 is 0 Å². The summed E-state index contributed by atoms with van der Waals surface area (Å²) in [7, 11) is -3.56. The number of rotatable bonds is 8. The maximum absolute atomic E-state index is 12.3. The van der Waals surface area contributed by atoms with Crippen molar-refractivity contribution in [1.82, 2.24) is 19.7 Å². The van der Waals surface area contributed by atoms with Crippen molar-refractivity contribution in [1.29, 1.82) is 0 Å². The molecule has 0 spiro atoms. The average Bonchev–Trinajstić information content (AvgIpc) is 2.98. The molecule has 21 heavy (non-hydrogen) atoms. The van der Waals surface area contributed by atoms with Crippen molar-refractivity contribution < 1.29 is 8.42 Å². The minimum atomic E-state index is -3.56. The predicted molar refractivity (Wildman–Crippen MR) is 80.5 cm³/mol. The van der Waals surface area contributed by atoms with E-state index >= 15 is 0 Å². The Balaban J connectivity index is 1.95. The van der Waals surface area contributed by atoms with Crippen molar-refractivity contribution in [3.05, 3.63) is 36.5 Å². The molecule has 0 aliphatic carbocycles. The maximum Gasteiger partial charge on any atom is 0.244 e. The van der Waals surface area contributed by atoms with Gasteiger partial charge in [0.2, 0.25) is 10.0 Å². The third kappa shape index (κ3) is 4.27. The van der Waals surface area contributed by atoms with Gasteiger partial charge in [-0.15, -0.1) is 0 Å². The second-order valence-corrected chi connectivity index (χ2v) is 6.15. The highest BCUT2D eigenvalue weighted by atomic mass is 32.2. The number of pyridine rings is 1. The Kier molecular flexibility index (Phi) is 5.29. The molecule has 2 aromatic heterocycles. The van der Waals surface area contributed by atoms with Crippen LogP contribution in [0.15, 0.2) is 35.6 Å². The van der Waals surface area contributed by atoms with Gasteiger partial charge in [-0.25, -0.2) is 23.1 Å². The lowest BCUT2D eigenvalue weighted by atomic mass is 10.3. The molecular formula is C13H19N5O2S. The fraction of sp³-hybridized carbons (Fsp3) is 0.385. The molecule has 2 rings (SSSR count). The summed E-state index contributed by atoms with van der Waals surface area (Å²) in [6.07, 6.45) is 6.36. The predicted octanol–water partition coefficient (Wildman–Crippen LogP) is 1.15. The molecule has 0 radical (unpaired) electrons. The monoisotopic (exact) mass is 309 g/mol. The van der Waals surface area contributed by atoms with Gasteiger partial charge in [-0.1, -0.05) is 0 Å². The number of sulfonamides is 1. The normalized spacial score (nSPS) is 11.5. The van der Waals surface area contributed by atoms with Crippen LogP contribution in [0.3, 0.4) is 0 Å². The number of aryl methyl sites for hydroxylation is 1. The zero-order chi connectivity index (χ0) is 15.1. The fourth-order valence-electron chi connectivity index (χ4n) is 1.88. The maximum atomic E-state index is 12.3. The first kappa shape index (κ1) is 15.5. The molecular weight excluding hydrogens is 290 g/mol. The lowest BCUT2D eigenvalue weighted by molar-refractivity contribution is 0.578. The number of hydrogen-bond donors (Lipinski definition) is 3. The Morgan fingerprint density at radius 1 is 1.29 bits per heavy atom. The molecule has 7 nitrogen and oxygen atoms in total. The van der Waals surface area contributed by atoms with E-state index in [4.69, 9.17) is 0 Å². The number of anilines is 1. The minimum absolute atomic E-state index is 0.171. The molecule has 2 aromatic rings. The number of aromatic amines is 1. The third-order valence-electron chi connectivity index (χ3n) is 2.84. The van der Waals surface area contributed by atoms with Gasteiger partial charge in [0.1, 0.15) is 16.5 Å². The zero-order valence-electron chi connectivity index (χ0n) is 11.8. The molecule has 0 fully saturated rings. The van der Waals surface area contributed by atoms with Crippen LogP contribution in [-0.2, 0) is 16.4 Å². The van der Waals surface area contributed by atoms with Crippen LogP contribution in [0.1, 0.15) is 19.2 Å². The SMILES string of the molecule is CCNc1ncccc1S(=O)(=O)NCCCc1ncc[nH]1. The highest BCUT2D eigenvalue weighted by molar-refractivity contribution is 7.89. The van der Waals surface area contributed by atoms with Gasteiger partial charge in [0.25, 0.3) is 0 Å². The van der Waals surface area contributed by atoms with Crippen LogP contribution in [0.4, 0.5) is 5.82 Å². The van der Waals surface area contributed by atoms with E-state index in [1.54, 1.807) is 30.7 Å². The number of nitrogens with zero attached hydrogens (tertiary/aromatic N) is 2. The molecule has 2 heterocycles. The second kappa shape index (κ2) is 7.19. The highest BCUT2D eigenvalue weighted by Gasteiger charge is 2.18. The van der Waals surface area contributed by atoms with Gasteiger partial charge in [-0.3, -0.25) is 0 Å². The van der Waals surface area contributed by atoms with Crippen molar-refractivity contribution in [2.75, 3.05) is 18.4 Å². The van der Waals surface area contributed by atoms with Crippen molar-refractivity contribution in [3.8, 4) is 0 Å². The molecule has 0 unspecified atom stereocenters. The molecule has 8 heteroatoms. The van der Waals surface area contributed by atoms with Crippen LogP contribution in [0.25, 0.3) is 0 Å². The van der Waals surface area contributed by atoms with Crippen LogP contribution >= 0.6 is 0 Å². The lowest BCUT2D eigenvalue weighted by Gasteiger charge is -2.10. The van der Waals surface area contributed by atoms with Gasteiger partial charge in [-0.05, 0) is 25.5 Å². The van der Waals surface area contributed by atoms with Gasteiger partial charge in [0, 0.05) is 38.1 Å². The van der Waals surface area contributed by atoms with E-state index in [9.17, 15) is 8.42 Å². The fourth-order valence-corrected chi connectivity index (χ4v) is 3.09. The van der Waals surface area contributed by atoms with Crippen molar-refractivity contribution >= 4 is 15.8 Å². The molecule has 0 saturated heterocycles. The minimum Gasteiger partial charge on any atom is -0.369 e. The van der Waals surface area contributed by atoms with Crippen molar-refractivity contribution in [3.63, 3.8) is 0 Å². The summed E-state index contributed by atoms with van der Waals surface area (Å²) in [5.74, 6) is 1.22.